The summed E-state index contributed by atoms with van der Waals surface area (Å²) in [5, 5.41) is 5.74. The van der Waals surface area contributed by atoms with Crippen molar-refractivity contribution in [3.05, 3.63) is 43.7 Å². The minimum absolute atomic E-state index is 0.170. The van der Waals surface area contributed by atoms with Crippen LogP contribution in [0.5, 0.6) is 0 Å². The number of nitrogens with one attached hydrogen (secondary N) is 1. The molecule has 0 fully saturated rings. The van der Waals surface area contributed by atoms with Crippen molar-refractivity contribution in [3.63, 3.8) is 0 Å². The van der Waals surface area contributed by atoms with Crippen molar-refractivity contribution in [3.8, 4) is 0 Å². The number of thiophene rings is 2. The Morgan fingerprint density at radius 3 is 2.67 bits per heavy atom. The fourth-order valence-electron chi connectivity index (χ4n) is 1.82. The maximum Gasteiger partial charge on any atom is 0.0931 e. The van der Waals surface area contributed by atoms with Crippen LogP contribution in [0, 0.1) is 0 Å². The average molecular weight is 300 g/mol. The molecule has 4 heteroatoms. The first-order valence-corrected chi connectivity index (χ1v) is 8.09. The Morgan fingerprint density at radius 1 is 1.33 bits per heavy atom. The van der Waals surface area contributed by atoms with Crippen molar-refractivity contribution in [1.82, 2.24) is 5.32 Å². The third-order valence-electron chi connectivity index (χ3n) is 3.06. The largest absolute Gasteiger partial charge is 0.309 e. The highest BCUT2D eigenvalue weighted by atomic mass is 35.5. The molecule has 2 aromatic heterocycles. The van der Waals surface area contributed by atoms with Gasteiger partial charge in [-0.15, -0.1) is 22.7 Å². The third kappa shape index (κ3) is 3.35. The van der Waals surface area contributed by atoms with Crippen LogP contribution in [0.25, 0.3) is 0 Å². The predicted octanol–water partition coefficient (Wildman–Crippen LogP) is 5.09. The molecule has 0 aromatic carbocycles. The topological polar surface area (TPSA) is 12.0 Å². The molecule has 0 aliphatic rings. The van der Waals surface area contributed by atoms with Crippen molar-refractivity contribution in [2.75, 3.05) is 6.54 Å². The van der Waals surface area contributed by atoms with Crippen molar-refractivity contribution in [1.29, 1.82) is 0 Å². The van der Waals surface area contributed by atoms with Gasteiger partial charge < -0.3 is 5.32 Å². The van der Waals surface area contributed by atoms with Gasteiger partial charge in [0.25, 0.3) is 0 Å². The summed E-state index contributed by atoms with van der Waals surface area (Å²) in [4.78, 5) is 2.72. The summed E-state index contributed by atoms with van der Waals surface area (Å²) in [6.45, 7) is 7.71. The minimum Gasteiger partial charge on any atom is -0.309 e. The van der Waals surface area contributed by atoms with Gasteiger partial charge in [-0.05, 0) is 30.5 Å². The van der Waals surface area contributed by atoms with Gasteiger partial charge >= 0.3 is 0 Å². The van der Waals surface area contributed by atoms with Crippen LogP contribution in [-0.2, 0) is 5.41 Å². The van der Waals surface area contributed by atoms with E-state index in [1.165, 1.54) is 9.75 Å². The van der Waals surface area contributed by atoms with Crippen molar-refractivity contribution >= 4 is 34.3 Å². The van der Waals surface area contributed by atoms with Crippen LogP contribution < -0.4 is 5.32 Å². The lowest BCUT2D eigenvalue weighted by Crippen LogP contribution is -2.33. The highest BCUT2D eigenvalue weighted by Gasteiger charge is 2.22. The molecule has 0 spiro atoms. The Balaban J connectivity index is 1.95. The van der Waals surface area contributed by atoms with Gasteiger partial charge in [0.1, 0.15) is 0 Å². The number of hydrogen-bond donors (Lipinski definition) is 1. The van der Waals surface area contributed by atoms with E-state index in [-0.39, 0.29) is 5.41 Å². The zero-order valence-corrected chi connectivity index (χ0v) is 13.3. The number of hydrogen-bond acceptors (Lipinski definition) is 3. The van der Waals surface area contributed by atoms with E-state index in [2.05, 4.69) is 49.7 Å². The standard InChI is InChI=1S/C14H18ClNS2/c1-10(11-6-7-13(15)18-11)16-9-14(2,3)12-5-4-8-17-12/h4-8,10,16H,9H2,1-3H3. The zero-order chi connectivity index (χ0) is 13.2. The molecule has 0 bridgehead atoms. The van der Waals surface area contributed by atoms with Gasteiger partial charge in [-0.3, -0.25) is 0 Å². The van der Waals surface area contributed by atoms with E-state index >= 15 is 0 Å². The first kappa shape index (κ1) is 14.1. The van der Waals surface area contributed by atoms with Gasteiger partial charge in [0.2, 0.25) is 0 Å². The van der Waals surface area contributed by atoms with Crippen LogP contribution in [0.4, 0.5) is 0 Å². The molecule has 2 aromatic rings. The molecule has 0 aliphatic carbocycles. The van der Waals surface area contributed by atoms with E-state index < -0.39 is 0 Å². The molecular formula is C14H18ClNS2. The first-order valence-electron chi connectivity index (χ1n) is 6.01. The van der Waals surface area contributed by atoms with Gasteiger partial charge in [-0.25, -0.2) is 0 Å². The second kappa shape index (κ2) is 5.74. The molecule has 2 rings (SSSR count). The zero-order valence-electron chi connectivity index (χ0n) is 10.9. The lowest BCUT2D eigenvalue weighted by molar-refractivity contribution is 0.444. The number of halogens is 1. The summed E-state index contributed by atoms with van der Waals surface area (Å²) >= 11 is 9.44. The Morgan fingerprint density at radius 2 is 2.11 bits per heavy atom. The lowest BCUT2D eigenvalue weighted by Gasteiger charge is -2.26. The Hall–Kier alpha value is -0.350. The maximum atomic E-state index is 5.97. The molecular weight excluding hydrogens is 282 g/mol. The summed E-state index contributed by atoms with van der Waals surface area (Å²) in [7, 11) is 0. The Labute approximate surface area is 122 Å². The summed E-state index contributed by atoms with van der Waals surface area (Å²) in [5.41, 5.74) is 0.170. The lowest BCUT2D eigenvalue weighted by atomic mass is 9.91. The van der Waals surface area contributed by atoms with E-state index in [0.717, 1.165) is 10.9 Å². The third-order valence-corrected chi connectivity index (χ3v) is 5.71. The summed E-state index contributed by atoms with van der Waals surface area (Å²) < 4.78 is 0.858. The van der Waals surface area contributed by atoms with Gasteiger partial charge in [-0.2, -0.15) is 0 Å². The van der Waals surface area contributed by atoms with Crippen molar-refractivity contribution < 1.29 is 0 Å². The Bertz CT molecular complexity index is 488. The second-order valence-corrected chi connectivity index (χ2v) is 7.80. The highest BCUT2D eigenvalue weighted by molar-refractivity contribution is 7.16. The van der Waals surface area contributed by atoms with E-state index in [9.17, 15) is 0 Å². The van der Waals surface area contributed by atoms with E-state index in [1.54, 1.807) is 11.3 Å². The fraction of sp³-hybridized carbons (Fsp3) is 0.429. The molecule has 18 heavy (non-hydrogen) atoms. The number of rotatable bonds is 5. The quantitative estimate of drug-likeness (QED) is 0.810. The van der Waals surface area contributed by atoms with E-state index in [4.69, 9.17) is 11.6 Å². The highest BCUT2D eigenvalue weighted by Crippen LogP contribution is 2.29. The Kier molecular flexibility index (Phi) is 4.49. The van der Waals surface area contributed by atoms with E-state index in [0.29, 0.717) is 6.04 Å². The minimum atomic E-state index is 0.170. The molecule has 0 aliphatic heterocycles. The first-order chi connectivity index (χ1) is 8.49. The molecule has 1 nitrogen and oxygen atoms in total. The molecule has 0 amide bonds. The molecule has 1 unspecified atom stereocenters. The van der Waals surface area contributed by atoms with Gasteiger partial charge in [-0.1, -0.05) is 31.5 Å². The molecule has 0 saturated heterocycles. The molecule has 0 radical (unpaired) electrons. The second-order valence-electron chi connectivity index (χ2n) is 5.11. The average Bonchev–Trinajstić information content (AvgIpc) is 2.96. The van der Waals surface area contributed by atoms with Crippen LogP contribution >= 0.6 is 34.3 Å². The summed E-state index contributed by atoms with van der Waals surface area (Å²) in [5.74, 6) is 0. The SMILES string of the molecule is CC(NCC(C)(C)c1cccs1)c1ccc(Cl)s1. The van der Waals surface area contributed by atoms with E-state index in [1.807, 2.05) is 17.4 Å². The maximum absolute atomic E-state index is 5.97. The summed E-state index contributed by atoms with van der Waals surface area (Å²) in [6.07, 6.45) is 0. The predicted molar refractivity (Wildman–Crippen MR) is 83.1 cm³/mol. The van der Waals surface area contributed by atoms with Crippen LogP contribution in [0.1, 0.15) is 36.6 Å². The van der Waals surface area contributed by atoms with Crippen LogP contribution in [-0.4, -0.2) is 6.54 Å². The smallest absolute Gasteiger partial charge is 0.0931 e. The van der Waals surface area contributed by atoms with Crippen LogP contribution in [0.2, 0.25) is 4.34 Å². The molecule has 1 atom stereocenters. The van der Waals surface area contributed by atoms with Crippen molar-refractivity contribution in [2.24, 2.45) is 0 Å². The van der Waals surface area contributed by atoms with Gasteiger partial charge in [0, 0.05) is 27.8 Å². The van der Waals surface area contributed by atoms with Crippen LogP contribution in [0.15, 0.2) is 29.6 Å². The normalized spacial score (nSPS) is 13.8. The molecule has 0 saturated carbocycles. The fourth-order valence-corrected chi connectivity index (χ4v) is 3.76. The van der Waals surface area contributed by atoms with Gasteiger partial charge in [0.15, 0.2) is 0 Å². The monoisotopic (exact) mass is 299 g/mol. The molecule has 2 heterocycles. The van der Waals surface area contributed by atoms with Crippen molar-refractivity contribution in [2.45, 2.75) is 32.2 Å². The molecule has 98 valence electrons. The van der Waals surface area contributed by atoms with Crippen LogP contribution in [0.3, 0.4) is 0 Å². The van der Waals surface area contributed by atoms with Gasteiger partial charge in [0.05, 0.1) is 4.34 Å². The molecule has 1 N–H and O–H groups in total. The summed E-state index contributed by atoms with van der Waals surface area (Å²) in [6, 6.07) is 8.73.